The number of aryl methyl sites for hydroxylation is 1. The Kier molecular flexibility index (Phi) is 3.92. The van der Waals surface area contributed by atoms with Gasteiger partial charge in [-0.1, -0.05) is 6.07 Å². The zero-order chi connectivity index (χ0) is 13.9. The predicted molar refractivity (Wildman–Crippen MR) is 75.6 cm³/mol. The molecule has 2 aliphatic carbocycles. The van der Waals surface area contributed by atoms with Crippen molar-refractivity contribution in [3.05, 3.63) is 29.3 Å². The lowest BCUT2D eigenvalue weighted by Gasteiger charge is -2.22. The fourth-order valence-electron chi connectivity index (χ4n) is 2.63. The molecule has 0 bridgehead atoms. The summed E-state index contributed by atoms with van der Waals surface area (Å²) in [5.74, 6) is 0.800. The van der Waals surface area contributed by atoms with E-state index in [0.717, 1.165) is 43.4 Å². The number of aliphatic hydroxyl groups is 1. The molecule has 20 heavy (non-hydrogen) atoms. The summed E-state index contributed by atoms with van der Waals surface area (Å²) in [6.07, 6.45) is 5.10. The highest BCUT2D eigenvalue weighted by Gasteiger charge is 2.23. The number of nitrogens with one attached hydrogen (secondary N) is 1. The highest BCUT2D eigenvalue weighted by molar-refractivity contribution is 5.76. The minimum atomic E-state index is -0.375. The van der Waals surface area contributed by atoms with E-state index in [-0.39, 0.29) is 12.0 Å². The van der Waals surface area contributed by atoms with E-state index in [2.05, 4.69) is 5.32 Å². The van der Waals surface area contributed by atoms with Crippen molar-refractivity contribution < 1.29 is 14.6 Å². The van der Waals surface area contributed by atoms with Crippen molar-refractivity contribution in [3.63, 3.8) is 0 Å². The van der Waals surface area contributed by atoms with E-state index >= 15 is 0 Å². The third-order valence-electron chi connectivity index (χ3n) is 3.94. The molecule has 0 heterocycles. The second kappa shape index (κ2) is 5.83. The summed E-state index contributed by atoms with van der Waals surface area (Å²) in [5.41, 5.74) is 2.19. The lowest BCUT2D eigenvalue weighted by atomic mass is 9.89. The van der Waals surface area contributed by atoms with Crippen molar-refractivity contribution in [2.75, 3.05) is 6.61 Å². The van der Waals surface area contributed by atoms with E-state index in [1.807, 2.05) is 18.2 Å². The van der Waals surface area contributed by atoms with Crippen LogP contribution in [0.4, 0.5) is 0 Å². The number of ether oxygens (including phenoxy) is 1. The van der Waals surface area contributed by atoms with Crippen LogP contribution in [0.3, 0.4) is 0 Å². The van der Waals surface area contributed by atoms with Crippen molar-refractivity contribution in [1.82, 2.24) is 5.32 Å². The average Bonchev–Trinajstić information content (AvgIpc) is 3.23. The van der Waals surface area contributed by atoms with Crippen molar-refractivity contribution in [3.8, 4) is 5.75 Å². The lowest BCUT2D eigenvalue weighted by molar-refractivity contribution is -0.121. The molecule has 0 saturated heterocycles. The second-order valence-electron chi connectivity index (χ2n) is 5.71. The van der Waals surface area contributed by atoms with Crippen LogP contribution in [-0.2, 0) is 11.2 Å². The fraction of sp³-hybridized carbons (Fsp3) is 0.562. The maximum Gasteiger partial charge on any atom is 0.223 e. The van der Waals surface area contributed by atoms with Gasteiger partial charge in [0.25, 0.3) is 0 Å². The molecule has 1 amide bonds. The van der Waals surface area contributed by atoms with Crippen molar-refractivity contribution in [2.24, 2.45) is 0 Å². The highest BCUT2D eigenvalue weighted by atomic mass is 16.5. The second-order valence-corrected chi connectivity index (χ2v) is 5.71. The zero-order valence-electron chi connectivity index (χ0n) is 11.6. The largest absolute Gasteiger partial charge is 0.493 e. The Morgan fingerprint density at radius 3 is 3.00 bits per heavy atom. The maximum atomic E-state index is 11.5. The van der Waals surface area contributed by atoms with E-state index in [9.17, 15) is 9.90 Å². The smallest absolute Gasteiger partial charge is 0.223 e. The molecule has 4 nitrogen and oxygen atoms in total. The third-order valence-corrected chi connectivity index (χ3v) is 3.94. The van der Waals surface area contributed by atoms with Crippen molar-refractivity contribution >= 4 is 5.91 Å². The van der Waals surface area contributed by atoms with Gasteiger partial charge in [-0.2, -0.15) is 0 Å². The van der Waals surface area contributed by atoms with E-state index in [1.165, 1.54) is 5.56 Å². The van der Waals surface area contributed by atoms with E-state index < -0.39 is 0 Å². The normalized spacial score (nSPS) is 21.1. The van der Waals surface area contributed by atoms with Gasteiger partial charge in [-0.3, -0.25) is 4.79 Å². The van der Waals surface area contributed by atoms with Crippen LogP contribution in [0.15, 0.2) is 18.2 Å². The number of carbonyl (C=O) groups excluding carboxylic acids is 1. The van der Waals surface area contributed by atoms with Gasteiger partial charge in [0.1, 0.15) is 5.75 Å². The summed E-state index contributed by atoms with van der Waals surface area (Å²) >= 11 is 0. The zero-order valence-corrected chi connectivity index (χ0v) is 11.6. The van der Waals surface area contributed by atoms with Gasteiger partial charge in [0, 0.05) is 6.04 Å². The molecular formula is C16H21NO3. The summed E-state index contributed by atoms with van der Waals surface area (Å²) in [5, 5.41) is 12.9. The fourth-order valence-corrected chi connectivity index (χ4v) is 2.63. The highest BCUT2D eigenvalue weighted by Crippen LogP contribution is 2.32. The van der Waals surface area contributed by atoms with Gasteiger partial charge in [0.2, 0.25) is 5.91 Å². The molecule has 1 aromatic rings. The number of amides is 1. The van der Waals surface area contributed by atoms with Crippen LogP contribution in [0, 0.1) is 0 Å². The van der Waals surface area contributed by atoms with Crippen LogP contribution in [-0.4, -0.2) is 23.7 Å². The molecule has 2 aliphatic rings. The van der Waals surface area contributed by atoms with E-state index in [0.29, 0.717) is 19.1 Å². The first-order valence-electron chi connectivity index (χ1n) is 7.45. The molecule has 0 radical (unpaired) electrons. The molecule has 2 N–H and O–H groups in total. The van der Waals surface area contributed by atoms with Crippen LogP contribution in [0.2, 0.25) is 0 Å². The number of aliphatic hydroxyl groups excluding tert-OH is 1. The number of hydrogen-bond donors (Lipinski definition) is 2. The number of benzene rings is 1. The van der Waals surface area contributed by atoms with Crippen molar-refractivity contribution in [1.29, 1.82) is 0 Å². The minimum Gasteiger partial charge on any atom is -0.493 e. The van der Waals surface area contributed by atoms with Crippen LogP contribution in [0.1, 0.15) is 49.3 Å². The third kappa shape index (κ3) is 3.31. The van der Waals surface area contributed by atoms with Crippen LogP contribution in [0.5, 0.6) is 5.75 Å². The molecule has 1 saturated carbocycles. The summed E-state index contributed by atoms with van der Waals surface area (Å²) in [7, 11) is 0. The molecule has 4 heteroatoms. The topological polar surface area (TPSA) is 58.6 Å². The molecular weight excluding hydrogens is 254 g/mol. The SMILES string of the molecule is O=C(CCOc1ccc2c(c1)C(O)CCC2)NC1CC1. The monoisotopic (exact) mass is 275 g/mol. The number of fused-ring (bicyclic) bond motifs is 1. The van der Waals surface area contributed by atoms with Gasteiger partial charge in [-0.25, -0.2) is 0 Å². The first-order valence-corrected chi connectivity index (χ1v) is 7.45. The first kappa shape index (κ1) is 13.4. The summed E-state index contributed by atoms with van der Waals surface area (Å²) in [6, 6.07) is 6.27. The standard InChI is InChI=1S/C16H21NO3/c18-15-3-1-2-11-4-7-13(10-14(11)15)20-9-8-16(19)17-12-5-6-12/h4,7,10,12,15,18H,1-3,5-6,8-9H2,(H,17,19). The molecule has 108 valence electrons. The number of carbonyl (C=O) groups is 1. The van der Waals surface area contributed by atoms with E-state index in [1.54, 1.807) is 0 Å². The molecule has 0 spiro atoms. The predicted octanol–water partition coefficient (Wildman–Crippen LogP) is 2.10. The number of hydrogen-bond acceptors (Lipinski definition) is 3. The Labute approximate surface area is 119 Å². The summed E-state index contributed by atoms with van der Waals surface area (Å²) in [6.45, 7) is 0.382. The molecule has 1 aromatic carbocycles. The maximum absolute atomic E-state index is 11.5. The van der Waals surface area contributed by atoms with Gasteiger partial charge < -0.3 is 15.2 Å². The quantitative estimate of drug-likeness (QED) is 0.865. The van der Waals surface area contributed by atoms with Gasteiger partial charge >= 0.3 is 0 Å². The van der Waals surface area contributed by atoms with E-state index in [4.69, 9.17) is 4.74 Å². The average molecular weight is 275 g/mol. The molecule has 0 aromatic heterocycles. The molecule has 1 fully saturated rings. The molecule has 1 unspecified atom stereocenters. The molecule has 1 atom stereocenters. The van der Waals surface area contributed by atoms with Crippen LogP contribution in [0.25, 0.3) is 0 Å². The molecule has 0 aliphatic heterocycles. The van der Waals surface area contributed by atoms with Gasteiger partial charge in [0.15, 0.2) is 0 Å². The van der Waals surface area contributed by atoms with Gasteiger partial charge in [-0.05, 0) is 55.4 Å². The minimum absolute atomic E-state index is 0.0606. The first-order chi connectivity index (χ1) is 9.72. The number of rotatable bonds is 5. The Morgan fingerprint density at radius 2 is 2.20 bits per heavy atom. The Balaban J connectivity index is 1.52. The Morgan fingerprint density at radius 1 is 1.35 bits per heavy atom. The Hall–Kier alpha value is -1.55. The van der Waals surface area contributed by atoms with Crippen molar-refractivity contribution in [2.45, 2.75) is 50.7 Å². The summed E-state index contributed by atoms with van der Waals surface area (Å²) < 4.78 is 5.62. The Bertz CT molecular complexity index is 496. The van der Waals surface area contributed by atoms with Gasteiger partial charge in [-0.15, -0.1) is 0 Å². The van der Waals surface area contributed by atoms with Crippen LogP contribution >= 0.6 is 0 Å². The summed E-state index contributed by atoms with van der Waals surface area (Å²) in [4.78, 5) is 11.5. The van der Waals surface area contributed by atoms with Crippen LogP contribution < -0.4 is 10.1 Å². The van der Waals surface area contributed by atoms with Gasteiger partial charge in [0.05, 0.1) is 19.1 Å². The lowest BCUT2D eigenvalue weighted by Crippen LogP contribution is -2.26. The molecule has 3 rings (SSSR count).